The number of alkyl halides is 4. The lowest BCUT2D eigenvalue weighted by Crippen LogP contribution is -2.40. The molecular formula is C24H14F7N3O2. The highest BCUT2D eigenvalue weighted by Crippen LogP contribution is 2.54. The third kappa shape index (κ3) is 3.88. The topological polar surface area (TPSA) is 53.6 Å². The maximum atomic E-state index is 14.3. The Morgan fingerprint density at radius 3 is 2.08 bits per heavy atom. The summed E-state index contributed by atoms with van der Waals surface area (Å²) in [7, 11) is 0. The van der Waals surface area contributed by atoms with Crippen molar-refractivity contribution in [1.29, 1.82) is 0 Å². The summed E-state index contributed by atoms with van der Waals surface area (Å²) in [6.07, 6.45) is -4.95. The average molecular weight is 509 g/mol. The van der Waals surface area contributed by atoms with E-state index in [1.54, 1.807) is 0 Å². The molecule has 5 nitrogen and oxygen atoms in total. The summed E-state index contributed by atoms with van der Waals surface area (Å²) in [5.74, 6) is -8.62. The molecule has 2 N–H and O–H groups in total. The first-order valence-corrected chi connectivity index (χ1v) is 10.3. The van der Waals surface area contributed by atoms with Crippen molar-refractivity contribution >= 4 is 23.0 Å². The quantitative estimate of drug-likeness (QED) is 0.420. The summed E-state index contributed by atoms with van der Waals surface area (Å²) < 4.78 is 99.9. The number of hydrogen-bond acceptors (Lipinski definition) is 3. The molecule has 0 bridgehead atoms. The van der Waals surface area contributed by atoms with Crippen molar-refractivity contribution in [2.45, 2.75) is 12.0 Å². The molecule has 3 aromatic carbocycles. The van der Waals surface area contributed by atoms with Crippen molar-refractivity contribution in [3.63, 3.8) is 0 Å². The average Bonchev–Trinajstić information content (AvgIpc) is 3.33. The largest absolute Gasteiger partial charge is 0.469 e. The van der Waals surface area contributed by atoms with Gasteiger partial charge in [-0.05, 0) is 53.6 Å². The van der Waals surface area contributed by atoms with Crippen LogP contribution in [0.4, 0.5) is 41.2 Å². The molecule has 0 spiro atoms. The number of carbonyl (C=O) groups is 1. The first-order valence-electron chi connectivity index (χ1n) is 10.3. The monoisotopic (exact) mass is 509 g/mol. The van der Waals surface area contributed by atoms with E-state index in [1.807, 2.05) is 0 Å². The lowest BCUT2D eigenvalue weighted by Gasteiger charge is -2.19. The van der Waals surface area contributed by atoms with E-state index in [1.165, 1.54) is 48.5 Å². The molecule has 2 aliphatic heterocycles. The van der Waals surface area contributed by atoms with Gasteiger partial charge in [-0.15, -0.1) is 0 Å². The van der Waals surface area contributed by atoms with Crippen molar-refractivity contribution in [3.05, 3.63) is 94.8 Å². The number of benzene rings is 3. The van der Waals surface area contributed by atoms with Gasteiger partial charge in [-0.1, -0.05) is 12.1 Å². The Morgan fingerprint density at radius 1 is 0.889 bits per heavy atom. The predicted molar refractivity (Wildman–Crippen MR) is 114 cm³/mol. The molecule has 0 unspecified atom stereocenters. The Morgan fingerprint density at radius 2 is 1.47 bits per heavy atom. The minimum atomic E-state index is -4.95. The Labute approximate surface area is 198 Å². The van der Waals surface area contributed by atoms with E-state index in [4.69, 9.17) is 0 Å². The van der Waals surface area contributed by atoms with Gasteiger partial charge in [-0.3, -0.25) is 5.43 Å². The van der Waals surface area contributed by atoms with Crippen molar-refractivity contribution in [2.24, 2.45) is 0 Å². The molecule has 0 atom stereocenters. The number of amides is 2. The van der Waals surface area contributed by atoms with E-state index in [0.717, 1.165) is 5.01 Å². The van der Waals surface area contributed by atoms with Crippen molar-refractivity contribution in [1.82, 2.24) is 10.4 Å². The molecule has 2 amide bonds. The maximum Gasteiger partial charge on any atom is 0.469 e. The van der Waals surface area contributed by atoms with E-state index in [-0.39, 0.29) is 6.54 Å². The number of nitrogens with one attached hydrogen (secondary N) is 2. The van der Waals surface area contributed by atoms with E-state index < -0.39 is 52.5 Å². The molecular weight excluding hydrogens is 495 g/mol. The summed E-state index contributed by atoms with van der Waals surface area (Å²) in [4.78, 5) is 12.9. The van der Waals surface area contributed by atoms with E-state index >= 15 is 0 Å². The summed E-state index contributed by atoms with van der Waals surface area (Å²) in [6, 6.07) is 10.8. The van der Waals surface area contributed by atoms with Crippen LogP contribution in [-0.4, -0.2) is 23.7 Å². The fourth-order valence-electron chi connectivity index (χ4n) is 3.89. The standard InChI is InChI=1S/C24H14F7N3O2/c25-14-5-1-12(2-6-14)17-11-34(33-20(17)13-3-7-15(26)8-4-13)22(35)32-16-9-18-21(19(27)10-16)36-24(30,31)23(18,28)29/h1-10,33H,11H2,(H,32,35). The maximum absolute atomic E-state index is 14.3. The van der Waals surface area contributed by atoms with Crippen molar-refractivity contribution < 1.29 is 40.3 Å². The van der Waals surface area contributed by atoms with Crippen LogP contribution in [0.3, 0.4) is 0 Å². The van der Waals surface area contributed by atoms with Crippen LogP contribution in [-0.2, 0) is 5.92 Å². The van der Waals surface area contributed by atoms with Crippen molar-refractivity contribution in [3.8, 4) is 5.75 Å². The summed E-state index contributed by atoms with van der Waals surface area (Å²) in [6.45, 7) is -0.116. The van der Waals surface area contributed by atoms with Crippen LogP contribution in [0.2, 0.25) is 0 Å². The van der Waals surface area contributed by atoms with Crippen LogP contribution in [0, 0.1) is 17.5 Å². The second kappa shape index (κ2) is 8.18. The molecule has 3 aromatic rings. The van der Waals surface area contributed by atoms with Gasteiger partial charge < -0.3 is 10.1 Å². The number of hydrazine groups is 1. The predicted octanol–water partition coefficient (Wildman–Crippen LogP) is 6.10. The Balaban J connectivity index is 1.43. The van der Waals surface area contributed by atoms with Gasteiger partial charge in [0.15, 0.2) is 11.6 Å². The number of nitrogens with zero attached hydrogens (tertiary/aromatic N) is 1. The number of halogens is 7. The number of hydrogen-bond donors (Lipinski definition) is 2. The third-order valence-electron chi connectivity index (χ3n) is 5.66. The number of urea groups is 1. The van der Waals surface area contributed by atoms with E-state index in [0.29, 0.717) is 34.5 Å². The molecule has 0 radical (unpaired) electrons. The van der Waals surface area contributed by atoms with Gasteiger partial charge >= 0.3 is 18.1 Å². The molecule has 0 aromatic heterocycles. The van der Waals surface area contributed by atoms with Crippen LogP contribution in [0.15, 0.2) is 60.7 Å². The molecule has 0 saturated heterocycles. The lowest BCUT2D eigenvalue weighted by atomic mass is 10.0. The van der Waals surface area contributed by atoms with Crippen LogP contribution < -0.4 is 15.5 Å². The third-order valence-corrected chi connectivity index (χ3v) is 5.66. The van der Waals surface area contributed by atoms with Crippen molar-refractivity contribution in [2.75, 3.05) is 11.9 Å². The highest BCUT2D eigenvalue weighted by Gasteiger charge is 2.67. The number of fused-ring (bicyclic) bond motifs is 1. The zero-order chi connectivity index (χ0) is 25.8. The van der Waals surface area contributed by atoms with Crippen LogP contribution >= 0.6 is 0 Å². The Bertz CT molecular complexity index is 1330. The highest BCUT2D eigenvalue weighted by atomic mass is 19.3. The molecule has 0 saturated carbocycles. The summed E-state index contributed by atoms with van der Waals surface area (Å²) >= 11 is 0. The van der Waals surface area contributed by atoms with Gasteiger partial charge in [0.05, 0.1) is 17.8 Å². The number of rotatable bonds is 3. The normalized spacial score (nSPS) is 17.5. The van der Waals surface area contributed by atoms with Crippen LogP contribution in [0.1, 0.15) is 16.7 Å². The first-order chi connectivity index (χ1) is 17.0. The fourth-order valence-corrected chi connectivity index (χ4v) is 3.89. The van der Waals surface area contributed by atoms with Crippen LogP contribution in [0.25, 0.3) is 11.3 Å². The SMILES string of the molecule is O=C(Nc1cc(F)c2c(c1)C(F)(F)C(F)(F)O2)N1CC(c2ccc(F)cc2)=C(c2ccc(F)cc2)N1. The fraction of sp³-hybridized carbons (Fsp3) is 0.125. The van der Waals surface area contributed by atoms with Gasteiger partial charge in [0.1, 0.15) is 11.6 Å². The summed E-state index contributed by atoms with van der Waals surface area (Å²) in [5.41, 5.74) is 2.77. The second-order valence-electron chi connectivity index (χ2n) is 8.02. The molecule has 2 heterocycles. The smallest absolute Gasteiger partial charge is 0.424 e. The molecule has 5 rings (SSSR count). The molecule has 0 fully saturated rings. The number of carbonyl (C=O) groups excluding carboxylic acids is 1. The van der Waals surface area contributed by atoms with Gasteiger partial charge in [-0.2, -0.15) is 17.6 Å². The molecule has 0 aliphatic carbocycles. The van der Waals surface area contributed by atoms with Gasteiger partial charge in [0, 0.05) is 17.3 Å². The first kappa shape index (κ1) is 23.5. The minimum absolute atomic E-state index is 0.116. The van der Waals surface area contributed by atoms with Gasteiger partial charge in [0.25, 0.3) is 0 Å². The van der Waals surface area contributed by atoms with Crippen LogP contribution in [0.5, 0.6) is 5.75 Å². The Kier molecular flexibility index (Phi) is 5.34. The lowest BCUT2D eigenvalue weighted by molar-refractivity contribution is -0.296. The van der Waals surface area contributed by atoms with E-state index in [2.05, 4.69) is 15.5 Å². The molecule has 2 aliphatic rings. The van der Waals surface area contributed by atoms with Gasteiger partial charge in [0.2, 0.25) is 0 Å². The molecule has 36 heavy (non-hydrogen) atoms. The number of anilines is 1. The Hall–Kier alpha value is -4.22. The second-order valence-corrected chi connectivity index (χ2v) is 8.02. The van der Waals surface area contributed by atoms with E-state index in [9.17, 15) is 35.5 Å². The minimum Gasteiger partial charge on any atom is -0.424 e. The summed E-state index contributed by atoms with van der Waals surface area (Å²) in [5, 5.41) is 3.19. The molecule has 186 valence electrons. The number of ether oxygens (including phenoxy) is 1. The highest BCUT2D eigenvalue weighted by molar-refractivity contribution is 5.98. The van der Waals surface area contributed by atoms with Gasteiger partial charge in [-0.25, -0.2) is 23.0 Å². The zero-order valence-electron chi connectivity index (χ0n) is 17.9. The zero-order valence-corrected chi connectivity index (χ0v) is 17.9. The molecule has 12 heteroatoms.